The Labute approximate surface area is 253 Å². The summed E-state index contributed by atoms with van der Waals surface area (Å²) in [6.45, 7) is -1.16. The second-order valence-corrected chi connectivity index (χ2v) is 10.4. The molecule has 2 atom stereocenters. The number of ether oxygens (including phenoxy) is 2. The third-order valence-corrected chi connectivity index (χ3v) is 7.31. The Morgan fingerprint density at radius 2 is 1.81 bits per heavy atom. The molecule has 43 heavy (non-hydrogen) atoms. The first kappa shape index (κ1) is 31.8. The topological polar surface area (TPSA) is 141 Å². The molecule has 0 unspecified atom stereocenters. The highest BCUT2D eigenvalue weighted by Gasteiger charge is 2.54. The molecule has 3 aromatic rings. The molecule has 0 fully saturated rings. The first-order chi connectivity index (χ1) is 20.7. The molecular weight excluding hydrogens is 633 g/mol. The molecule has 1 aliphatic heterocycles. The van der Waals surface area contributed by atoms with Crippen LogP contribution in [0.15, 0.2) is 87.4 Å². The lowest BCUT2D eigenvalue weighted by Crippen LogP contribution is -2.55. The van der Waals surface area contributed by atoms with Crippen molar-refractivity contribution in [2.75, 3.05) is 19.8 Å². The standard InChI is InChI=1S/C29H28BrF3N6O4/c30-24-9-4-3-8-23(24)25-28(27(41)38-36-18-29(31,32)33,16-20-6-1-2-7-21(20)17-35-39-34)37-26(43-25)19-10-12-22(13-11-19)42-15-5-14-40/h1-4,6-13,25,36,40H,5,14-18H2,(H,38,41)/t25-,28-/m0/s1. The van der Waals surface area contributed by atoms with Gasteiger partial charge in [-0.15, -0.1) is 0 Å². The van der Waals surface area contributed by atoms with Gasteiger partial charge in [0.05, 0.1) is 13.2 Å². The van der Waals surface area contributed by atoms with Gasteiger partial charge in [-0.3, -0.25) is 10.2 Å². The largest absolute Gasteiger partial charge is 0.494 e. The molecule has 0 spiro atoms. The lowest BCUT2D eigenvalue weighted by molar-refractivity contribution is -0.136. The molecule has 14 heteroatoms. The van der Waals surface area contributed by atoms with Crippen molar-refractivity contribution in [1.82, 2.24) is 10.9 Å². The summed E-state index contributed by atoms with van der Waals surface area (Å²) in [4.78, 5) is 21.6. The van der Waals surface area contributed by atoms with Gasteiger partial charge < -0.3 is 14.6 Å². The fourth-order valence-corrected chi connectivity index (χ4v) is 5.05. The summed E-state index contributed by atoms with van der Waals surface area (Å²) in [6.07, 6.45) is -5.28. The normalized spacial score (nSPS) is 17.9. The zero-order valence-electron chi connectivity index (χ0n) is 22.7. The molecule has 3 aromatic carbocycles. The van der Waals surface area contributed by atoms with Gasteiger partial charge >= 0.3 is 6.18 Å². The molecule has 0 saturated heterocycles. The Bertz CT molecular complexity index is 1500. The zero-order chi connectivity index (χ0) is 30.9. The SMILES string of the molecule is [N-]=[N+]=NCc1ccccc1C[C@]1(C(=O)NNCC(F)(F)F)N=C(c2ccc(OCCCO)cc2)O[C@H]1c1ccccc1Br. The van der Waals surface area contributed by atoms with Crippen LogP contribution < -0.4 is 15.6 Å². The van der Waals surface area contributed by atoms with Crippen molar-refractivity contribution in [2.45, 2.75) is 37.2 Å². The van der Waals surface area contributed by atoms with Crippen molar-refractivity contribution in [3.8, 4) is 5.75 Å². The maximum absolute atomic E-state index is 14.0. The summed E-state index contributed by atoms with van der Waals surface area (Å²) in [5.74, 6) is -0.207. The lowest BCUT2D eigenvalue weighted by Gasteiger charge is -2.32. The third kappa shape index (κ3) is 8.05. The van der Waals surface area contributed by atoms with E-state index in [1.807, 2.05) is 5.43 Å². The molecule has 1 amide bonds. The third-order valence-electron chi connectivity index (χ3n) is 6.59. The summed E-state index contributed by atoms with van der Waals surface area (Å²) in [5.41, 5.74) is 13.5. The number of carbonyl (C=O) groups is 1. The minimum Gasteiger partial charge on any atom is -0.494 e. The number of azide groups is 1. The van der Waals surface area contributed by atoms with Crippen molar-refractivity contribution in [3.63, 3.8) is 0 Å². The summed E-state index contributed by atoms with van der Waals surface area (Å²) in [6, 6.07) is 20.7. The Morgan fingerprint density at radius 1 is 1.12 bits per heavy atom. The number of halogens is 4. The van der Waals surface area contributed by atoms with Crippen molar-refractivity contribution in [3.05, 3.63) is 110 Å². The summed E-state index contributed by atoms with van der Waals surface area (Å²) >= 11 is 3.52. The number of nitrogens with one attached hydrogen (secondary N) is 2. The molecule has 0 radical (unpaired) electrons. The van der Waals surface area contributed by atoms with Gasteiger partial charge in [0.2, 0.25) is 5.90 Å². The van der Waals surface area contributed by atoms with Crippen molar-refractivity contribution in [1.29, 1.82) is 0 Å². The zero-order valence-corrected chi connectivity index (χ0v) is 24.3. The molecule has 0 aromatic heterocycles. The number of nitrogens with zero attached hydrogens (tertiary/aromatic N) is 4. The summed E-state index contributed by atoms with van der Waals surface area (Å²) in [7, 11) is 0. The molecule has 4 rings (SSSR count). The molecule has 0 bridgehead atoms. The molecule has 226 valence electrons. The maximum Gasteiger partial charge on any atom is 0.402 e. The average molecular weight is 661 g/mol. The fraction of sp³-hybridized carbons (Fsp3) is 0.310. The van der Waals surface area contributed by atoms with Crippen LogP contribution in [0.1, 0.15) is 34.8 Å². The number of carbonyl (C=O) groups excluding carboxylic acids is 1. The van der Waals surface area contributed by atoms with Gasteiger partial charge in [0.15, 0.2) is 11.6 Å². The minimum absolute atomic E-state index is 0.00682. The molecule has 3 N–H and O–H groups in total. The predicted molar refractivity (Wildman–Crippen MR) is 156 cm³/mol. The van der Waals surface area contributed by atoms with E-state index in [0.29, 0.717) is 45.5 Å². The Balaban J connectivity index is 1.82. The lowest BCUT2D eigenvalue weighted by atomic mass is 9.81. The van der Waals surface area contributed by atoms with E-state index in [0.717, 1.165) is 0 Å². The second kappa shape index (κ2) is 14.4. The second-order valence-electron chi connectivity index (χ2n) is 9.57. The summed E-state index contributed by atoms with van der Waals surface area (Å²) in [5, 5.41) is 12.6. The Kier molecular flexibility index (Phi) is 10.6. The van der Waals surface area contributed by atoms with Crippen LogP contribution in [0.5, 0.6) is 5.75 Å². The maximum atomic E-state index is 14.0. The van der Waals surface area contributed by atoms with Crippen LogP contribution in [0.4, 0.5) is 13.2 Å². The van der Waals surface area contributed by atoms with E-state index in [-0.39, 0.29) is 25.5 Å². The van der Waals surface area contributed by atoms with E-state index >= 15 is 0 Å². The van der Waals surface area contributed by atoms with Gasteiger partial charge in [-0.25, -0.2) is 10.4 Å². The van der Waals surface area contributed by atoms with E-state index in [1.54, 1.807) is 72.8 Å². The number of hydrogen-bond donors (Lipinski definition) is 3. The summed E-state index contributed by atoms with van der Waals surface area (Å²) < 4.78 is 51.5. The Hall–Kier alpha value is -4.10. The number of aliphatic hydroxyl groups is 1. The highest BCUT2D eigenvalue weighted by atomic mass is 79.9. The monoisotopic (exact) mass is 660 g/mol. The van der Waals surface area contributed by atoms with Crippen LogP contribution in [0.25, 0.3) is 10.4 Å². The molecule has 1 heterocycles. The van der Waals surface area contributed by atoms with Gasteiger partial charge in [-0.1, -0.05) is 63.5 Å². The van der Waals surface area contributed by atoms with Crippen molar-refractivity contribution in [2.24, 2.45) is 10.1 Å². The van der Waals surface area contributed by atoms with Gasteiger partial charge in [0.25, 0.3) is 5.91 Å². The number of benzene rings is 3. The van der Waals surface area contributed by atoms with Gasteiger partial charge in [-0.05, 0) is 47.0 Å². The van der Waals surface area contributed by atoms with Crippen molar-refractivity contribution < 1.29 is 32.5 Å². The number of hydrazine groups is 1. The number of hydrogen-bond acceptors (Lipinski definition) is 7. The van der Waals surface area contributed by atoms with E-state index in [4.69, 9.17) is 25.1 Å². The molecular formula is C29H28BrF3N6O4. The van der Waals surface area contributed by atoms with E-state index in [1.165, 1.54) is 0 Å². The predicted octanol–water partition coefficient (Wildman–Crippen LogP) is 5.70. The molecule has 0 saturated carbocycles. The minimum atomic E-state index is -4.58. The highest BCUT2D eigenvalue weighted by molar-refractivity contribution is 9.10. The van der Waals surface area contributed by atoms with Crippen LogP contribution in [-0.4, -0.2) is 48.4 Å². The van der Waals surface area contributed by atoms with Gasteiger partial charge in [0, 0.05) is 40.0 Å². The van der Waals surface area contributed by atoms with Crippen LogP contribution in [0.2, 0.25) is 0 Å². The molecule has 0 aliphatic carbocycles. The van der Waals surface area contributed by atoms with E-state index in [2.05, 4.69) is 31.4 Å². The molecule has 10 nitrogen and oxygen atoms in total. The number of aliphatic imine (C=N–C) groups is 1. The van der Waals surface area contributed by atoms with Gasteiger partial charge in [-0.2, -0.15) is 13.2 Å². The van der Waals surface area contributed by atoms with Crippen LogP contribution >= 0.6 is 15.9 Å². The fourth-order valence-electron chi connectivity index (χ4n) is 4.56. The van der Waals surface area contributed by atoms with Crippen molar-refractivity contribution >= 4 is 27.7 Å². The number of aliphatic hydroxyl groups excluding tert-OH is 1. The van der Waals surface area contributed by atoms with Crippen LogP contribution in [0.3, 0.4) is 0 Å². The van der Waals surface area contributed by atoms with Crippen LogP contribution in [-0.2, 0) is 22.5 Å². The highest BCUT2D eigenvalue weighted by Crippen LogP contribution is 2.45. The smallest absolute Gasteiger partial charge is 0.402 e. The van der Waals surface area contributed by atoms with Gasteiger partial charge in [0.1, 0.15) is 12.3 Å². The van der Waals surface area contributed by atoms with E-state index in [9.17, 15) is 18.0 Å². The van der Waals surface area contributed by atoms with E-state index < -0.39 is 30.3 Å². The Morgan fingerprint density at radius 3 is 2.49 bits per heavy atom. The first-order valence-corrected chi connectivity index (χ1v) is 14.0. The number of rotatable bonds is 13. The quantitative estimate of drug-likeness (QED) is 0.0709. The number of alkyl halides is 3. The van der Waals surface area contributed by atoms with Crippen LogP contribution in [0, 0.1) is 0 Å². The average Bonchev–Trinajstić information content (AvgIpc) is 3.37. The number of amides is 1. The first-order valence-electron chi connectivity index (χ1n) is 13.2. The molecule has 1 aliphatic rings.